The van der Waals surface area contributed by atoms with Crippen LogP contribution in [0.1, 0.15) is 46.2 Å². The summed E-state index contributed by atoms with van der Waals surface area (Å²) in [6, 6.07) is 14.0. The number of pyridine rings is 2. The van der Waals surface area contributed by atoms with Crippen LogP contribution in [-0.4, -0.2) is 28.1 Å². The Morgan fingerprint density at radius 1 is 1.18 bits per heavy atom. The molecule has 0 amide bonds. The fourth-order valence-electron chi connectivity index (χ4n) is 3.19. The van der Waals surface area contributed by atoms with Crippen LogP contribution in [0.25, 0.3) is 22.1 Å². The summed E-state index contributed by atoms with van der Waals surface area (Å²) >= 11 is 7.73. The molecule has 0 aliphatic rings. The van der Waals surface area contributed by atoms with Gasteiger partial charge >= 0.3 is 0 Å². The van der Waals surface area contributed by atoms with Crippen molar-refractivity contribution in [2.45, 2.75) is 50.5 Å². The van der Waals surface area contributed by atoms with Gasteiger partial charge in [0.15, 0.2) is 5.65 Å². The van der Waals surface area contributed by atoms with E-state index in [4.69, 9.17) is 21.3 Å². The zero-order valence-electron chi connectivity index (χ0n) is 20.7. The van der Waals surface area contributed by atoms with E-state index < -0.39 is 0 Å². The van der Waals surface area contributed by atoms with Crippen molar-refractivity contribution in [1.29, 1.82) is 0 Å². The lowest BCUT2D eigenvalue weighted by Crippen LogP contribution is -1.90. The maximum absolute atomic E-state index is 6.03. The van der Waals surface area contributed by atoms with Gasteiger partial charge in [-0.2, -0.15) is 0 Å². The van der Waals surface area contributed by atoms with Crippen LogP contribution < -0.4 is 0 Å². The Morgan fingerprint density at radius 3 is 2.53 bits per heavy atom. The van der Waals surface area contributed by atoms with Gasteiger partial charge in [0.25, 0.3) is 0 Å². The van der Waals surface area contributed by atoms with Crippen LogP contribution in [0.5, 0.6) is 0 Å². The highest BCUT2D eigenvalue weighted by molar-refractivity contribution is 7.99. The average Bonchev–Trinajstić information content (AvgIpc) is 3.25. The van der Waals surface area contributed by atoms with E-state index in [9.17, 15) is 0 Å². The van der Waals surface area contributed by atoms with Crippen molar-refractivity contribution in [2.24, 2.45) is 0 Å². The lowest BCUT2D eigenvalue weighted by molar-refractivity contribution is 0.204. The van der Waals surface area contributed by atoms with E-state index in [1.165, 1.54) is 5.57 Å². The summed E-state index contributed by atoms with van der Waals surface area (Å²) in [6.45, 7) is 12.6. The van der Waals surface area contributed by atoms with Crippen LogP contribution in [-0.2, 0) is 4.74 Å². The molecule has 0 aliphatic carbocycles. The lowest BCUT2D eigenvalue weighted by atomic mass is 10.2. The number of imidazole rings is 1. The number of methoxy groups -OCH3 is 1. The average molecular weight is 496 g/mol. The molecule has 0 atom stereocenters. The van der Waals surface area contributed by atoms with Crippen molar-refractivity contribution in [2.75, 3.05) is 13.7 Å². The quantitative estimate of drug-likeness (QED) is 0.190. The first kappa shape index (κ1) is 27.6. The van der Waals surface area contributed by atoms with Crippen molar-refractivity contribution >= 4 is 45.5 Å². The fraction of sp³-hybridized carbons (Fsp3) is 0.286. The Kier molecular flexibility index (Phi) is 11.9. The Bertz CT molecular complexity index is 1220. The molecule has 180 valence electrons. The Morgan fingerprint density at radius 2 is 1.91 bits per heavy atom. The summed E-state index contributed by atoms with van der Waals surface area (Å²) in [5.41, 5.74) is 3.99. The molecule has 3 aromatic heterocycles. The predicted octanol–water partition coefficient (Wildman–Crippen LogP) is 8.74. The smallest absolute Gasteiger partial charge is 0.164 e. The van der Waals surface area contributed by atoms with E-state index in [1.54, 1.807) is 18.9 Å². The van der Waals surface area contributed by atoms with Gasteiger partial charge in [-0.1, -0.05) is 62.4 Å². The van der Waals surface area contributed by atoms with Crippen molar-refractivity contribution in [3.63, 3.8) is 0 Å². The summed E-state index contributed by atoms with van der Waals surface area (Å²) in [5, 5.41) is 2.93. The lowest BCUT2D eigenvalue weighted by Gasteiger charge is -2.06. The normalized spacial score (nSPS) is 10.9. The van der Waals surface area contributed by atoms with Gasteiger partial charge in [0.2, 0.25) is 0 Å². The molecule has 4 nitrogen and oxygen atoms in total. The highest BCUT2D eigenvalue weighted by Gasteiger charge is 2.17. The second-order valence-corrected chi connectivity index (χ2v) is 8.64. The topological polar surface area (TPSA) is 39.4 Å². The van der Waals surface area contributed by atoms with Crippen LogP contribution in [0.15, 0.2) is 83.5 Å². The molecule has 0 radical (unpaired) electrons. The predicted molar refractivity (Wildman–Crippen MR) is 148 cm³/mol. The molecule has 34 heavy (non-hydrogen) atoms. The second kappa shape index (κ2) is 14.6. The molecule has 0 saturated heterocycles. The molecule has 0 aliphatic heterocycles. The van der Waals surface area contributed by atoms with Gasteiger partial charge < -0.3 is 4.74 Å². The van der Waals surface area contributed by atoms with Gasteiger partial charge in [-0.05, 0) is 61.7 Å². The van der Waals surface area contributed by atoms with E-state index in [2.05, 4.69) is 54.2 Å². The van der Waals surface area contributed by atoms with E-state index >= 15 is 0 Å². The van der Waals surface area contributed by atoms with Crippen LogP contribution in [0.2, 0.25) is 5.02 Å². The van der Waals surface area contributed by atoms with E-state index in [-0.39, 0.29) is 0 Å². The van der Waals surface area contributed by atoms with Crippen LogP contribution in [0, 0.1) is 0 Å². The van der Waals surface area contributed by atoms with Gasteiger partial charge in [-0.25, -0.2) is 4.98 Å². The van der Waals surface area contributed by atoms with Crippen molar-refractivity contribution < 1.29 is 4.74 Å². The Balaban J connectivity index is 0.000000447. The van der Waals surface area contributed by atoms with E-state index in [0.717, 1.165) is 56.6 Å². The highest BCUT2D eigenvalue weighted by Crippen LogP contribution is 2.36. The number of hydrogen-bond donors (Lipinski definition) is 0. The maximum atomic E-state index is 6.03. The van der Waals surface area contributed by atoms with Crippen LogP contribution in [0.4, 0.5) is 0 Å². The third-order valence-corrected chi connectivity index (χ3v) is 6.10. The van der Waals surface area contributed by atoms with Crippen LogP contribution in [0.3, 0.4) is 0 Å². The number of allylic oxidation sites excluding steroid dienone is 2. The minimum atomic E-state index is 0.741. The number of hydrogen-bond acceptors (Lipinski definition) is 4. The fourth-order valence-corrected chi connectivity index (χ4v) is 4.36. The second-order valence-electron chi connectivity index (χ2n) is 7.14. The van der Waals surface area contributed by atoms with Crippen molar-refractivity contribution in [3.05, 3.63) is 84.3 Å². The zero-order chi connectivity index (χ0) is 24.9. The SMILES string of the molecule is C=CCCOC.CC.CC/C=C(\C)c1nc2c3ncccc3ccn2c1Sc1ccc(Cl)cc1. The molecule has 0 bridgehead atoms. The number of rotatable bonds is 7. The molecule has 4 rings (SSSR count). The number of nitrogens with zero attached hydrogens (tertiary/aromatic N) is 3. The van der Waals surface area contributed by atoms with Gasteiger partial charge in [0.1, 0.15) is 10.5 Å². The van der Waals surface area contributed by atoms with Gasteiger partial charge in [0.05, 0.1) is 5.69 Å². The highest BCUT2D eigenvalue weighted by atomic mass is 35.5. The summed E-state index contributed by atoms with van der Waals surface area (Å²) in [6.07, 6.45) is 9.87. The molecule has 4 aromatic rings. The monoisotopic (exact) mass is 495 g/mol. The summed E-state index contributed by atoms with van der Waals surface area (Å²) in [7, 11) is 1.68. The van der Waals surface area contributed by atoms with Gasteiger partial charge in [-0.3, -0.25) is 9.38 Å². The molecule has 0 N–H and O–H groups in total. The zero-order valence-corrected chi connectivity index (χ0v) is 22.3. The molecule has 3 heterocycles. The van der Waals surface area contributed by atoms with E-state index in [1.807, 2.05) is 56.5 Å². The third kappa shape index (κ3) is 7.20. The van der Waals surface area contributed by atoms with Crippen molar-refractivity contribution in [3.8, 4) is 0 Å². The molecule has 0 saturated carbocycles. The van der Waals surface area contributed by atoms with Crippen LogP contribution >= 0.6 is 23.4 Å². The number of benzene rings is 1. The van der Waals surface area contributed by atoms with Gasteiger partial charge in [-0.15, -0.1) is 6.58 Å². The minimum Gasteiger partial charge on any atom is -0.384 e. The molecule has 1 aromatic carbocycles. The number of halogens is 1. The summed E-state index contributed by atoms with van der Waals surface area (Å²) < 4.78 is 6.85. The molecular formula is C28H34ClN3OS. The molecule has 0 spiro atoms. The summed E-state index contributed by atoms with van der Waals surface area (Å²) in [4.78, 5) is 10.6. The summed E-state index contributed by atoms with van der Waals surface area (Å²) in [5.74, 6) is 0. The van der Waals surface area contributed by atoms with Gasteiger partial charge in [0, 0.05) is 41.4 Å². The molecule has 6 heteroatoms. The van der Waals surface area contributed by atoms with E-state index in [0.29, 0.717) is 0 Å². The molecular weight excluding hydrogens is 462 g/mol. The first-order valence-corrected chi connectivity index (χ1v) is 12.7. The minimum absolute atomic E-state index is 0.741. The first-order chi connectivity index (χ1) is 16.6. The van der Waals surface area contributed by atoms with Crippen molar-refractivity contribution in [1.82, 2.24) is 14.4 Å². The molecule has 0 fully saturated rings. The number of aromatic nitrogens is 3. The largest absolute Gasteiger partial charge is 0.384 e. The standard InChI is InChI=1S/C21H18ClN3S.C5H10O.C2H6/c1-3-5-14(2)18-21(26-17-9-7-16(22)8-10-17)25-13-11-15-6-4-12-23-19(15)20(25)24-18;1-3-4-5-6-2;1-2/h4-13H,3H2,1-2H3;3H,1,4-5H2,2H3;1-2H3/b14-5+;;. The maximum Gasteiger partial charge on any atom is 0.164 e. The molecule has 0 unspecified atom stereocenters. The Labute approximate surface area is 212 Å². The first-order valence-electron chi connectivity index (χ1n) is 11.5. The third-order valence-electron chi connectivity index (χ3n) is 4.76. The number of fused-ring (bicyclic) bond motifs is 3. The Hall–Kier alpha value is -2.60. The number of ether oxygens (including phenoxy) is 1.